The van der Waals surface area contributed by atoms with Gasteiger partial charge in [-0.05, 0) is 18.3 Å². The topological polar surface area (TPSA) is 69.9 Å². The van der Waals surface area contributed by atoms with Crippen molar-refractivity contribution in [3.63, 3.8) is 0 Å². The van der Waals surface area contributed by atoms with Crippen molar-refractivity contribution < 1.29 is 20.1 Å². The van der Waals surface area contributed by atoms with Gasteiger partial charge in [0.2, 0.25) is 0 Å². The third-order valence-corrected chi connectivity index (χ3v) is 3.86. The molecule has 1 saturated carbocycles. The van der Waals surface area contributed by atoms with E-state index in [-0.39, 0.29) is 37.1 Å². The highest BCUT2D eigenvalue weighted by molar-refractivity contribution is 4.97. The van der Waals surface area contributed by atoms with Gasteiger partial charge in [0.15, 0.2) is 6.29 Å². The third kappa shape index (κ3) is 1.37. The molecule has 3 N–H and O–H groups in total. The van der Waals surface area contributed by atoms with Crippen LogP contribution < -0.4 is 0 Å². The summed E-state index contributed by atoms with van der Waals surface area (Å²) in [5, 5.41) is 28.0. The minimum Gasteiger partial charge on any atom is -0.396 e. The van der Waals surface area contributed by atoms with Crippen molar-refractivity contribution in [1.29, 1.82) is 0 Å². The molecule has 4 heteroatoms. The van der Waals surface area contributed by atoms with Crippen LogP contribution in [-0.2, 0) is 4.74 Å². The molecule has 1 aliphatic heterocycles. The van der Waals surface area contributed by atoms with E-state index < -0.39 is 6.29 Å². The summed E-state index contributed by atoms with van der Waals surface area (Å²) < 4.78 is 5.38. The minimum atomic E-state index is -0.850. The summed E-state index contributed by atoms with van der Waals surface area (Å²) in [6.45, 7) is 2.14. The zero-order chi connectivity index (χ0) is 10.3. The highest BCUT2D eigenvalue weighted by atomic mass is 16.6. The first-order valence-corrected chi connectivity index (χ1v) is 5.24. The molecule has 0 amide bonds. The summed E-state index contributed by atoms with van der Waals surface area (Å²) >= 11 is 0. The summed E-state index contributed by atoms with van der Waals surface area (Å²) in [4.78, 5) is 0. The summed E-state index contributed by atoms with van der Waals surface area (Å²) in [6, 6.07) is 0. The molecule has 1 saturated heterocycles. The molecule has 1 heterocycles. The Labute approximate surface area is 83.5 Å². The van der Waals surface area contributed by atoms with Crippen LogP contribution in [0.15, 0.2) is 0 Å². The highest BCUT2D eigenvalue weighted by Crippen LogP contribution is 2.48. The Kier molecular flexibility index (Phi) is 2.79. The molecule has 0 radical (unpaired) electrons. The maximum absolute atomic E-state index is 9.53. The van der Waals surface area contributed by atoms with Gasteiger partial charge >= 0.3 is 0 Å². The predicted molar refractivity (Wildman–Crippen MR) is 49.3 cm³/mol. The van der Waals surface area contributed by atoms with Crippen LogP contribution in [0.4, 0.5) is 0 Å². The fourth-order valence-corrected chi connectivity index (χ4v) is 3.08. The summed E-state index contributed by atoms with van der Waals surface area (Å²) in [5.74, 6) is 0.475. The summed E-state index contributed by atoms with van der Waals surface area (Å²) in [6.07, 6.45) is 0.0505. The van der Waals surface area contributed by atoms with Crippen molar-refractivity contribution in [2.75, 3.05) is 13.2 Å². The van der Waals surface area contributed by atoms with Gasteiger partial charge in [0.25, 0.3) is 0 Å². The lowest BCUT2D eigenvalue weighted by Gasteiger charge is -2.24. The zero-order valence-electron chi connectivity index (χ0n) is 8.34. The standard InChI is InChI=1S/C10H18O4/c1-5-2-8-9(6(5)3-11)7(4-12)10(13)14-8/h5-13H,2-4H2,1H3/t5-,6+,7-,8-,9-,10?/m0/s1. The zero-order valence-corrected chi connectivity index (χ0v) is 8.34. The van der Waals surface area contributed by atoms with E-state index in [2.05, 4.69) is 6.92 Å². The summed E-state index contributed by atoms with van der Waals surface area (Å²) in [7, 11) is 0. The maximum Gasteiger partial charge on any atom is 0.160 e. The fourth-order valence-electron chi connectivity index (χ4n) is 3.08. The second-order valence-electron chi connectivity index (χ2n) is 4.55. The van der Waals surface area contributed by atoms with Gasteiger partial charge in [-0.25, -0.2) is 0 Å². The minimum absolute atomic E-state index is 0.0225. The first kappa shape index (κ1) is 10.4. The number of hydrogen-bond donors (Lipinski definition) is 3. The van der Waals surface area contributed by atoms with Gasteiger partial charge in [-0.3, -0.25) is 0 Å². The molecule has 6 atom stereocenters. The molecular formula is C10H18O4. The number of hydrogen-bond acceptors (Lipinski definition) is 4. The van der Waals surface area contributed by atoms with E-state index in [0.717, 1.165) is 6.42 Å². The molecule has 2 aliphatic rings. The number of rotatable bonds is 2. The molecule has 1 unspecified atom stereocenters. The molecule has 0 aromatic heterocycles. The van der Waals surface area contributed by atoms with Crippen molar-refractivity contribution in [2.24, 2.45) is 23.7 Å². The monoisotopic (exact) mass is 202 g/mol. The van der Waals surface area contributed by atoms with E-state index >= 15 is 0 Å². The Hall–Kier alpha value is -0.160. The lowest BCUT2D eigenvalue weighted by Crippen LogP contribution is -2.30. The Morgan fingerprint density at radius 1 is 1.21 bits per heavy atom. The highest BCUT2D eigenvalue weighted by Gasteiger charge is 2.52. The quantitative estimate of drug-likeness (QED) is 0.568. The smallest absolute Gasteiger partial charge is 0.160 e. The second-order valence-corrected chi connectivity index (χ2v) is 4.55. The Morgan fingerprint density at radius 2 is 1.86 bits per heavy atom. The van der Waals surface area contributed by atoms with Crippen LogP contribution in [0.2, 0.25) is 0 Å². The van der Waals surface area contributed by atoms with Crippen LogP contribution in [-0.4, -0.2) is 40.9 Å². The molecule has 0 aromatic carbocycles. The second kappa shape index (κ2) is 3.77. The molecule has 2 rings (SSSR count). The Balaban J connectivity index is 2.15. The normalized spacial score (nSPS) is 52.3. The van der Waals surface area contributed by atoms with E-state index in [1.807, 2.05) is 0 Å². The average molecular weight is 202 g/mol. The third-order valence-electron chi connectivity index (χ3n) is 3.86. The van der Waals surface area contributed by atoms with Gasteiger partial charge < -0.3 is 20.1 Å². The number of aliphatic hydroxyl groups is 3. The number of fused-ring (bicyclic) bond motifs is 1. The van der Waals surface area contributed by atoms with Gasteiger partial charge in [-0.1, -0.05) is 6.92 Å². The van der Waals surface area contributed by atoms with E-state index in [0.29, 0.717) is 5.92 Å². The van der Waals surface area contributed by atoms with Crippen LogP contribution in [0, 0.1) is 23.7 Å². The largest absolute Gasteiger partial charge is 0.396 e. The Bertz CT molecular complexity index is 188. The van der Waals surface area contributed by atoms with Gasteiger partial charge in [0.1, 0.15) is 0 Å². The molecule has 2 fully saturated rings. The molecular weight excluding hydrogens is 184 g/mol. The van der Waals surface area contributed by atoms with E-state index in [9.17, 15) is 10.2 Å². The first-order valence-electron chi connectivity index (χ1n) is 5.24. The van der Waals surface area contributed by atoms with Crippen molar-refractivity contribution in [2.45, 2.75) is 25.7 Å². The molecule has 0 aromatic rings. The lowest BCUT2D eigenvalue weighted by atomic mass is 9.82. The first-order chi connectivity index (χ1) is 6.69. The Morgan fingerprint density at radius 3 is 2.43 bits per heavy atom. The molecule has 14 heavy (non-hydrogen) atoms. The molecule has 4 nitrogen and oxygen atoms in total. The van der Waals surface area contributed by atoms with Crippen LogP contribution in [0.5, 0.6) is 0 Å². The van der Waals surface area contributed by atoms with Gasteiger partial charge in [-0.2, -0.15) is 0 Å². The van der Waals surface area contributed by atoms with Crippen molar-refractivity contribution in [3.8, 4) is 0 Å². The average Bonchev–Trinajstić information content (AvgIpc) is 2.58. The van der Waals surface area contributed by atoms with E-state index in [1.165, 1.54) is 0 Å². The molecule has 0 bridgehead atoms. The van der Waals surface area contributed by atoms with E-state index in [4.69, 9.17) is 9.84 Å². The van der Waals surface area contributed by atoms with Gasteiger partial charge in [0, 0.05) is 18.4 Å². The SMILES string of the molecule is C[C@H]1C[C@@H]2OC(O)[C@@H](CO)[C@@H]2[C@@H]1CO. The van der Waals surface area contributed by atoms with Crippen molar-refractivity contribution >= 4 is 0 Å². The fraction of sp³-hybridized carbons (Fsp3) is 1.00. The van der Waals surface area contributed by atoms with Crippen LogP contribution >= 0.6 is 0 Å². The van der Waals surface area contributed by atoms with Crippen molar-refractivity contribution in [3.05, 3.63) is 0 Å². The van der Waals surface area contributed by atoms with Gasteiger partial charge in [0.05, 0.1) is 12.7 Å². The molecule has 1 aliphatic carbocycles. The summed E-state index contributed by atoms with van der Waals surface area (Å²) in [5.41, 5.74) is 0. The predicted octanol–water partition coefficient (Wildman–Crippen LogP) is -0.423. The van der Waals surface area contributed by atoms with Crippen LogP contribution in [0.25, 0.3) is 0 Å². The number of ether oxygens (including phenoxy) is 1. The number of aliphatic hydroxyl groups excluding tert-OH is 3. The maximum atomic E-state index is 9.53. The van der Waals surface area contributed by atoms with Crippen LogP contribution in [0.1, 0.15) is 13.3 Å². The molecule has 82 valence electrons. The van der Waals surface area contributed by atoms with Gasteiger partial charge in [-0.15, -0.1) is 0 Å². The lowest BCUT2D eigenvalue weighted by molar-refractivity contribution is -0.117. The van der Waals surface area contributed by atoms with Crippen LogP contribution in [0.3, 0.4) is 0 Å². The van der Waals surface area contributed by atoms with Crippen molar-refractivity contribution in [1.82, 2.24) is 0 Å². The molecule has 0 spiro atoms. The van der Waals surface area contributed by atoms with E-state index in [1.54, 1.807) is 0 Å².